The maximum absolute atomic E-state index is 11.9. The monoisotopic (exact) mass is 329 g/mol. The Kier molecular flexibility index (Phi) is 5.57. The van der Waals surface area contributed by atoms with Gasteiger partial charge in [0, 0.05) is 23.6 Å². The van der Waals surface area contributed by atoms with Crippen LogP contribution in [0.25, 0.3) is 0 Å². The van der Waals surface area contributed by atoms with Crippen LogP contribution in [0.15, 0.2) is 42.7 Å². The molecular weight excluding hydrogens is 306 g/mol. The molecule has 2 rings (SSSR count). The molecule has 0 radical (unpaired) electrons. The summed E-state index contributed by atoms with van der Waals surface area (Å²) < 4.78 is 1.80. The molecule has 0 bridgehead atoms. The molecule has 0 spiro atoms. The highest BCUT2D eigenvalue weighted by Crippen LogP contribution is 2.11. The number of hydrogen-bond donors (Lipinski definition) is 3. The van der Waals surface area contributed by atoms with Crippen LogP contribution in [0.4, 0.5) is 10.5 Å². The topological polar surface area (TPSA) is 88.0 Å². The first-order valence-electron chi connectivity index (χ1n) is 7.74. The van der Waals surface area contributed by atoms with E-state index in [1.54, 1.807) is 16.9 Å². The molecule has 3 amide bonds. The van der Waals surface area contributed by atoms with Crippen molar-refractivity contribution < 1.29 is 9.59 Å². The highest BCUT2D eigenvalue weighted by molar-refractivity contribution is 5.92. The van der Waals surface area contributed by atoms with Crippen LogP contribution in [0.3, 0.4) is 0 Å². The molecule has 0 atom stereocenters. The number of anilines is 1. The van der Waals surface area contributed by atoms with Crippen LogP contribution in [0.2, 0.25) is 0 Å². The van der Waals surface area contributed by atoms with Gasteiger partial charge < -0.3 is 16.0 Å². The minimum Gasteiger partial charge on any atom is -0.350 e. The summed E-state index contributed by atoms with van der Waals surface area (Å²) in [6.45, 7) is 6.20. The van der Waals surface area contributed by atoms with E-state index in [2.05, 4.69) is 21.0 Å². The fraction of sp³-hybridized carbons (Fsp3) is 0.353. The Morgan fingerprint density at radius 3 is 2.67 bits per heavy atom. The molecule has 0 saturated heterocycles. The standard InChI is InChI=1S/C17H23N5O2/c1-17(2,3)21-15(23)11-18-16(24)20-14-7-4-6-13(10-14)12-22-9-5-8-19-22/h4-10H,11-12H2,1-3H3,(H,21,23)(H2,18,20,24). The predicted molar refractivity (Wildman–Crippen MR) is 92.7 cm³/mol. The quantitative estimate of drug-likeness (QED) is 0.783. The molecule has 7 heteroatoms. The van der Waals surface area contributed by atoms with Crippen LogP contribution in [0.5, 0.6) is 0 Å². The normalized spacial score (nSPS) is 11.0. The van der Waals surface area contributed by atoms with Gasteiger partial charge in [0.15, 0.2) is 0 Å². The summed E-state index contributed by atoms with van der Waals surface area (Å²) in [7, 11) is 0. The molecule has 0 aliphatic carbocycles. The summed E-state index contributed by atoms with van der Waals surface area (Å²) >= 11 is 0. The lowest BCUT2D eigenvalue weighted by atomic mass is 10.1. The number of amides is 3. The van der Waals surface area contributed by atoms with Crippen molar-refractivity contribution in [3.8, 4) is 0 Å². The number of nitrogens with zero attached hydrogens (tertiary/aromatic N) is 2. The summed E-state index contributed by atoms with van der Waals surface area (Å²) in [5, 5.41) is 12.2. The fourth-order valence-corrected chi connectivity index (χ4v) is 2.13. The van der Waals surface area contributed by atoms with E-state index >= 15 is 0 Å². The van der Waals surface area contributed by atoms with Gasteiger partial charge in [0.2, 0.25) is 5.91 Å². The van der Waals surface area contributed by atoms with E-state index in [0.29, 0.717) is 12.2 Å². The summed E-state index contributed by atoms with van der Waals surface area (Å²) in [5.41, 5.74) is 1.35. The molecule has 0 saturated carbocycles. The smallest absolute Gasteiger partial charge is 0.319 e. The highest BCUT2D eigenvalue weighted by Gasteiger charge is 2.14. The van der Waals surface area contributed by atoms with Crippen molar-refractivity contribution in [1.29, 1.82) is 0 Å². The first-order chi connectivity index (χ1) is 11.3. The van der Waals surface area contributed by atoms with E-state index < -0.39 is 6.03 Å². The number of nitrogens with one attached hydrogen (secondary N) is 3. The number of carbonyl (C=O) groups excluding carboxylic acids is 2. The Hall–Kier alpha value is -2.83. The van der Waals surface area contributed by atoms with Gasteiger partial charge in [-0.1, -0.05) is 12.1 Å². The summed E-state index contributed by atoms with van der Waals surface area (Å²) in [5.74, 6) is -0.231. The van der Waals surface area contributed by atoms with E-state index in [-0.39, 0.29) is 18.0 Å². The van der Waals surface area contributed by atoms with Crippen LogP contribution < -0.4 is 16.0 Å². The lowest BCUT2D eigenvalue weighted by Gasteiger charge is -2.20. The van der Waals surface area contributed by atoms with Crippen LogP contribution in [0.1, 0.15) is 26.3 Å². The minimum atomic E-state index is -0.421. The van der Waals surface area contributed by atoms with Crippen LogP contribution in [-0.4, -0.2) is 33.8 Å². The summed E-state index contributed by atoms with van der Waals surface area (Å²) in [6.07, 6.45) is 3.60. The Balaban J connectivity index is 1.84. The molecule has 0 fully saturated rings. The average molecular weight is 329 g/mol. The molecule has 0 aliphatic rings. The van der Waals surface area contributed by atoms with Crippen molar-refractivity contribution in [2.24, 2.45) is 0 Å². The van der Waals surface area contributed by atoms with Crippen molar-refractivity contribution in [1.82, 2.24) is 20.4 Å². The maximum Gasteiger partial charge on any atom is 0.319 e. The SMILES string of the molecule is CC(C)(C)NC(=O)CNC(=O)Nc1cccc(Cn2cccn2)c1. The van der Waals surface area contributed by atoms with Gasteiger partial charge in [-0.2, -0.15) is 5.10 Å². The first kappa shape index (κ1) is 17.5. The van der Waals surface area contributed by atoms with E-state index in [1.807, 2.05) is 51.2 Å². The van der Waals surface area contributed by atoms with Crippen LogP contribution >= 0.6 is 0 Å². The molecule has 2 aromatic rings. The Morgan fingerprint density at radius 2 is 2.00 bits per heavy atom. The first-order valence-corrected chi connectivity index (χ1v) is 7.74. The van der Waals surface area contributed by atoms with Crippen molar-refractivity contribution in [2.75, 3.05) is 11.9 Å². The van der Waals surface area contributed by atoms with Crippen molar-refractivity contribution in [2.45, 2.75) is 32.9 Å². The second-order valence-electron chi connectivity index (χ2n) is 6.51. The van der Waals surface area contributed by atoms with Gasteiger partial charge in [0.25, 0.3) is 0 Å². The summed E-state index contributed by atoms with van der Waals surface area (Å²) in [4.78, 5) is 23.6. The number of urea groups is 1. The minimum absolute atomic E-state index is 0.0733. The van der Waals surface area contributed by atoms with Gasteiger partial charge in [-0.25, -0.2) is 4.79 Å². The zero-order valence-electron chi connectivity index (χ0n) is 14.2. The van der Waals surface area contributed by atoms with E-state index in [9.17, 15) is 9.59 Å². The van der Waals surface area contributed by atoms with Crippen LogP contribution in [-0.2, 0) is 11.3 Å². The molecule has 1 aromatic heterocycles. The largest absolute Gasteiger partial charge is 0.350 e. The lowest BCUT2D eigenvalue weighted by molar-refractivity contribution is -0.121. The van der Waals surface area contributed by atoms with Gasteiger partial charge in [0.1, 0.15) is 0 Å². The third kappa shape index (κ3) is 6.12. The zero-order chi connectivity index (χ0) is 17.6. The maximum atomic E-state index is 11.9. The fourth-order valence-electron chi connectivity index (χ4n) is 2.13. The zero-order valence-corrected chi connectivity index (χ0v) is 14.2. The average Bonchev–Trinajstić information content (AvgIpc) is 2.97. The van der Waals surface area contributed by atoms with Gasteiger partial charge in [-0.05, 0) is 44.5 Å². The predicted octanol–water partition coefficient (Wildman–Crippen LogP) is 1.97. The highest BCUT2D eigenvalue weighted by atomic mass is 16.2. The number of hydrogen-bond acceptors (Lipinski definition) is 3. The van der Waals surface area contributed by atoms with Gasteiger partial charge in [0.05, 0.1) is 13.1 Å². The molecular formula is C17H23N5O2. The third-order valence-corrected chi connectivity index (χ3v) is 3.01. The molecule has 1 heterocycles. The van der Waals surface area contributed by atoms with E-state index in [4.69, 9.17) is 0 Å². The molecule has 7 nitrogen and oxygen atoms in total. The number of carbonyl (C=O) groups is 2. The second-order valence-corrected chi connectivity index (χ2v) is 6.51. The molecule has 3 N–H and O–H groups in total. The summed E-state index contributed by atoms with van der Waals surface area (Å²) in [6, 6.07) is 8.92. The second kappa shape index (κ2) is 7.63. The molecule has 1 aromatic carbocycles. The van der Waals surface area contributed by atoms with Crippen molar-refractivity contribution in [3.63, 3.8) is 0 Å². The Morgan fingerprint density at radius 1 is 1.21 bits per heavy atom. The van der Waals surface area contributed by atoms with Gasteiger partial charge in [-0.3, -0.25) is 9.48 Å². The van der Waals surface area contributed by atoms with Crippen molar-refractivity contribution >= 4 is 17.6 Å². The number of rotatable bonds is 5. The number of aromatic nitrogens is 2. The molecule has 24 heavy (non-hydrogen) atoms. The van der Waals surface area contributed by atoms with Crippen molar-refractivity contribution in [3.05, 3.63) is 48.3 Å². The Bertz CT molecular complexity index is 689. The van der Waals surface area contributed by atoms with Gasteiger partial charge in [-0.15, -0.1) is 0 Å². The molecule has 0 aliphatic heterocycles. The van der Waals surface area contributed by atoms with E-state index in [0.717, 1.165) is 5.56 Å². The number of benzene rings is 1. The van der Waals surface area contributed by atoms with Gasteiger partial charge >= 0.3 is 6.03 Å². The van der Waals surface area contributed by atoms with Crippen LogP contribution in [0, 0.1) is 0 Å². The molecule has 0 unspecified atom stereocenters. The lowest BCUT2D eigenvalue weighted by Crippen LogP contribution is -2.46. The Labute approximate surface area is 141 Å². The third-order valence-electron chi connectivity index (χ3n) is 3.01. The van der Waals surface area contributed by atoms with E-state index in [1.165, 1.54) is 0 Å². The molecule has 128 valence electrons.